The minimum absolute atomic E-state index is 0.542. The van der Waals surface area contributed by atoms with Crippen LogP contribution in [0.15, 0.2) is 0 Å². The lowest BCUT2D eigenvalue weighted by atomic mass is 10.1. The Kier molecular flexibility index (Phi) is 2.65. The third-order valence-corrected chi connectivity index (χ3v) is 2.19. The first-order valence-electron chi connectivity index (χ1n) is 3.76. The van der Waals surface area contributed by atoms with E-state index in [9.17, 15) is 0 Å². The van der Waals surface area contributed by atoms with Crippen LogP contribution >= 0.6 is 0 Å². The number of nitrogens with zero attached hydrogens (tertiary/aromatic N) is 1. The molecular weight excluding hydrogens is 128 g/mol. The van der Waals surface area contributed by atoms with Gasteiger partial charge in [0.05, 0.1) is 6.61 Å². The van der Waals surface area contributed by atoms with Crippen LogP contribution in [-0.4, -0.2) is 31.1 Å². The minimum atomic E-state index is 0.542. The van der Waals surface area contributed by atoms with Gasteiger partial charge in [-0.15, -0.1) is 0 Å². The fourth-order valence-electron chi connectivity index (χ4n) is 1.67. The Bertz CT molecular complexity index is 108. The summed E-state index contributed by atoms with van der Waals surface area (Å²) in [6.07, 6.45) is 1.22. The Hall–Kier alpha value is -0.120. The monoisotopic (exact) mass is 144 g/mol. The number of hydrogen-bond donors (Lipinski definition) is 1. The lowest BCUT2D eigenvalue weighted by Gasteiger charge is -2.16. The van der Waals surface area contributed by atoms with E-state index < -0.39 is 0 Å². The van der Waals surface area contributed by atoms with E-state index in [0.29, 0.717) is 12.6 Å². The molecule has 0 bridgehead atoms. The molecule has 0 spiro atoms. The lowest BCUT2D eigenvalue weighted by Crippen LogP contribution is -2.30. The molecule has 10 heavy (non-hydrogen) atoms. The summed E-state index contributed by atoms with van der Waals surface area (Å²) in [7, 11) is 2.12. The Labute approximate surface area is 62.1 Å². The van der Waals surface area contributed by atoms with Crippen LogP contribution in [0, 0.1) is 5.92 Å². The quantitative estimate of drug-likeness (QED) is 0.563. The predicted octanol–water partition coefficient (Wildman–Crippen LogP) is 0.217. The predicted molar refractivity (Wildman–Crippen MR) is 40.3 cm³/mol. The lowest BCUT2D eigenvalue weighted by molar-refractivity contribution is 0.0870. The van der Waals surface area contributed by atoms with E-state index >= 15 is 0 Å². The molecular formula is C7H16N2O. The van der Waals surface area contributed by atoms with Gasteiger partial charge in [-0.1, -0.05) is 6.92 Å². The smallest absolute Gasteiger partial charge is 0.0834 e. The van der Waals surface area contributed by atoms with Crippen molar-refractivity contribution in [3.05, 3.63) is 0 Å². The maximum absolute atomic E-state index is 4.99. The summed E-state index contributed by atoms with van der Waals surface area (Å²) >= 11 is 0. The van der Waals surface area contributed by atoms with Crippen LogP contribution in [0.5, 0.6) is 0 Å². The zero-order chi connectivity index (χ0) is 7.56. The van der Waals surface area contributed by atoms with Gasteiger partial charge in [0.2, 0.25) is 0 Å². The summed E-state index contributed by atoms with van der Waals surface area (Å²) < 4.78 is 0. The standard InChI is InChI=1S/C7H16N2O/c1-6-3-7(5-10-8)9(2)4-6/h6-7H,3-5,8H2,1-2H3. The second-order valence-corrected chi connectivity index (χ2v) is 3.27. The van der Waals surface area contributed by atoms with Gasteiger partial charge in [0, 0.05) is 12.6 Å². The van der Waals surface area contributed by atoms with Crippen molar-refractivity contribution in [2.24, 2.45) is 11.8 Å². The van der Waals surface area contributed by atoms with Crippen molar-refractivity contribution in [1.82, 2.24) is 4.90 Å². The van der Waals surface area contributed by atoms with Crippen molar-refractivity contribution in [1.29, 1.82) is 0 Å². The van der Waals surface area contributed by atoms with Crippen LogP contribution < -0.4 is 5.90 Å². The molecule has 1 aliphatic rings. The van der Waals surface area contributed by atoms with Gasteiger partial charge in [-0.3, -0.25) is 0 Å². The summed E-state index contributed by atoms with van der Waals surface area (Å²) in [5.41, 5.74) is 0. The summed E-state index contributed by atoms with van der Waals surface area (Å²) in [5, 5.41) is 0. The van der Waals surface area contributed by atoms with Crippen LogP contribution in [0.4, 0.5) is 0 Å². The summed E-state index contributed by atoms with van der Waals surface area (Å²) in [4.78, 5) is 6.91. The summed E-state index contributed by atoms with van der Waals surface area (Å²) in [5.74, 6) is 5.79. The zero-order valence-electron chi connectivity index (χ0n) is 6.71. The van der Waals surface area contributed by atoms with Crippen LogP contribution in [0.25, 0.3) is 0 Å². The maximum Gasteiger partial charge on any atom is 0.0834 e. The van der Waals surface area contributed by atoms with Crippen molar-refractivity contribution >= 4 is 0 Å². The second kappa shape index (κ2) is 3.32. The molecule has 0 aromatic carbocycles. The van der Waals surface area contributed by atoms with E-state index in [1.165, 1.54) is 13.0 Å². The molecule has 3 heteroatoms. The van der Waals surface area contributed by atoms with Gasteiger partial charge in [0.1, 0.15) is 0 Å². The van der Waals surface area contributed by atoms with E-state index in [2.05, 4.69) is 23.7 Å². The molecule has 0 aromatic heterocycles. The summed E-state index contributed by atoms with van der Waals surface area (Å²) in [6, 6.07) is 0.542. The topological polar surface area (TPSA) is 38.5 Å². The zero-order valence-corrected chi connectivity index (χ0v) is 6.71. The van der Waals surface area contributed by atoms with E-state index in [4.69, 9.17) is 5.90 Å². The highest BCUT2D eigenvalue weighted by Crippen LogP contribution is 2.20. The third kappa shape index (κ3) is 1.68. The molecule has 0 saturated carbocycles. The molecule has 0 radical (unpaired) electrons. The molecule has 1 aliphatic heterocycles. The Morgan fingerprint density at radius 3 is 2.80 bits per heavy atom. The highest BCUT2D eigenvalue weighted by atomic mass is 16.6. The first kappa shape index (κ1) is 7.98. The second-order valence-electron chi connectivity index (χ2n) is 3.27. The average Bonchev–Trinajstić information content (AvgIpc) is 2.13. The fourth-order valence-corrected chi connectivity index (χ4v) is 1.67. The van der Waals surface area contributed by atoms with Crippen LogP contribution in [0.1, 0.15) is 13.3 Å². The summed E-state index contributed by atoms with van der Waals surface area (Å²) in [6.45, 7) is 4.10. The minimum Gasteiger partial charge on any atom is -0.303 e. The molecule has 1 saturated heterocycles. The molecule has 2 unspecified atom stereocenters. The van der Waals surface area contributed by atoms with Gasteiger partial charge in [0.15, 0.2) is 0 Å². The number of hydrogen-bond acceptors (Lipinski definition) is 3. The SMILES string of the molecule is CC1CC(CON)N(C)C1. The molecule has 1 rings (SSSR count). The molecule has 1 fully saturated rings. The molecule has 60 valence electrons. The maximum atomic E-state index is 4.99. The van der Waals surface area contributed by atoms with Gasteiger partial charge >= 0.3 is 0 Å². The van der Waals surface area contributed by atoms with E-state index in [0.717, 1.165) is 5.92 Å². The van der Waals surface area contributed by atoms with Crippen molar-refractivity contribution in [2.75, 3.05) is 20.2 Å². The first-order valence-corrected chi connectivity index (χ1v) is 3.76. The van der Waals surface area contributed by atoms with E-state index in [1.54, 1.807) is 0 Å². The van der Waals surface area contributed by atoms with Crippen molar-refractivity contribution < 1.29 is 4.84 Å². The molecule has 2 N–H and O–H groups in total. The van der Waals surface area contributed by atoms with Gasteiger partial charge in [-0.25, -0.2) is 5.90 Å². The average molecular weight is 144 g/mol. The van der Waals surface area contributed by atoms with E-state index in [1.807, 2.05) is 0 Å². The van der Waals surface area contributed by atoms with Crippen LogP contribution in [0.2, 0.25) is 0 Å². The molecule has 1 heterocycles. The van der Waals surface area contributed by atoms with Crippen LogP contribution in [-0.2, 0) is 4.84 Å². The van der Waals surface area contributed by atoms with Gasteiger partial charge in [-0.05, 0) is 19.4 Å². The first-order chi connectivity index (χ1) is 4.74. The Morgan fingerprint density at radius 2 is 2.40 bits per heavy atom. The largest absolute Gasteiger partial charge is 0.303 e. The molecule has 0 aromatic rings. The third-order valence-electron chi connectivity index (χ3n) is 2.19. The van der Waals surface area contributed by atoms with Gasteiger partial charge < -0.3 is 9.74 Å². The Morgan fingerprint density at radius 1 is 1.70 bits per heavy atom. The van der Waals surface area contributed by atoms with Crippen molar-refractivity contribution in [3.8, 4) is 0 Å². The highest BCUT2D eigenvalue weighted by Gasteiger charge is 2.26. The van der Waals surface area contributed by atoms with Crippen LogP contribution in [0.3, 0.4) is 0 Å². The van der Waals surface area contributed by atoms with E-state index in [-0.39, 0.29) is 0 Å². The number of likely N-dealkylation sites (tertiary alicyclic amines) is 1. The number of likely N-dealkylation sites (N-methyl/N-ethyl adjacent to an activating group) is 1. The molecule has 3 nitrogen and oxygen atoms in total. The molecule has 2 atom stereocenters. The molecule has 0 aliphatic carbocycles. The van der Waals surface area contributed by atoms with Crippen molar-refractivity contribution in [3.63, 3.8) is 0 Å². The van der Waals surface area contributed by atoms with Gasteiger partial charge in [0.25, 0.3) is 0 Å². The number of nitrogens with two attached hydrogens (primary N) is 1. The highest BCUT2D eigenvalue weighted by molar-refractivity contribution is 4.80. The van der Waals surface area contributed by atoms with Gasteiger partial charge in [-0.2, -0.15) is 0 Å². The Balaban J connectivity index is 2.31. The number of rotatable bonds is 2. The fraction of sp³-hybridized carbons (Fsp3) is 1.00. The molecule has 0 amide bonds. The normalized spacial score (nSPS) is 35.1. The van der Waals surface area contributed by atoms with Crippen molar-refractivity contribution in [2.45, 2.75) is 19.4 Å².